The molecule has 1 saturated carbocycles. The van der Waals surface area contributed by atoms with E-state index in [0.717, 1.165) is 37.7 Å². The molecule has 1 fully saturated rings. The van der Waals surface area contributed by atoms with Crippen molar-refractivity contribution in [3.05, 3.63) is 23.8 Å². The number of carbonyl (C=O) groups is 2. The molecule has 2 aliphatic carbocycles. The molecule has 0 radical (unpaired) electrons. The molecule has 4 heteroatoms. The fourth-order valence-electron chi connectivity index (χ4n) is 3.34. The van der Waals surface area contributed by atoms with Gasteiger partial charge in [-0.25, -0.2) is 4.79 Å². The van der Waals surface area contributed by atoms with Crippen molar-refractivity contribution in [1.29, 1.82) is 0 Å². The van der Waals surface area contributed by atoms with Crippen molar-refractivity contribution in [3.8, 4) is 0 Å². The molecule has 0 heterocycles. The number of hydrogen-bond donors (Lipinski definition) is 0. The molecule has 0 aromatic rings. The second-order valence-corrected chi connectivity index (χ2v) is 5.19. The highest BCUT2D eigenvalue weighted by Gasteiger charge is 2.49. The lowest BCUT2D eigenvalue weighted by Gasteiger charge is -2.43. The summed E-state index contributed by atoms with van der Waals surface area (Å²) in [4.78, 5) is 23.7. The molecule has 2 aliphatic rings. The topological polar surface area (TPSA) is 52.6 Å². The van der Waals surface area contributed by atoms with Gasteiger partial charge < -0.3 is 9.47 Å². The van der Waals surface area contributed by atoms with Crippen molar-refractivity contribution in [1.82, 2.24) is 0 Å². The molecule has 19 heavy (non-hydrogen) atoms. The van der Waals surface area contributed by atoms with Crippen LogP contribution in [0.5, 0.6) is 0 Å². The van der Waals surface area contributed by atoms with Gasteiger partial charge in [0.15, 0.2) is 0 Å². The van der Waals surface area contributed by atoms with Crippen LogP contribution in [-0.2, 0) is 19.1 Å². The van der Waals surface area contributed by atoms with Crippen LogP contribution < -0.4 is 0 Å². The Morgan fingerprint density at radius 1 is 1.32 bits per heavy atom. The predicted octanol–water partition coefficient (Wildman–Crippen LogP) is 2.40. The normalized spacial score (nSPS) is 31.7. The maximum Gasteiger partial charge on any atom is 0.330 e. The molecule has 0 aromatic heterocycles. The Labute approximate surface area is 113 Å². The van der Waals surface area contributed by atoms with Crippen LogP contribution in [0.3, 0.4) is 0 Å². The van der Waals surface area contributed by atoms with Crippen molar-refractivity contribution in [2.75, 3.05) is 14.2 Å². The number of esters is 2. The summed E-state index contributed by atoms with van der Waals surface area (Å²) < 4.78 is 9.71. The standard InChI is InChI=1S/C15H20O4/c1-18-13(16)10-11-6-5-9-15(14(17)19-2)8-4-3-7-12(11)15/h3,7,10,12H,4-6,8-9H2,1-2H3/b11-10-/t12-,15-/m0/s1. The fourth-order valence-corrected chi connectivity index (χ4v) is 3.34. The van der Waals surface area contributed by atoms with Crippen LogP contribution in [0.4, 0.5) is 0 Å². The summed E-state index contributed by atoms with van der Waals surface area (Å²) in [5.41, 5.74) is 0.501. The maximum absolute atomic E-state index is 12.2. The van der Waals surface area contributed by atoms with Crippen molar-refractivity contribution in [2.45, 2.75) is 32.1 Å². The van der Waals surface area contributed by atoms with E-state index in [2.05, 4.69) is 6.08 Å². The molecule has 4 nitrogen and oxygen atoms in total. The van der Waals surface area contributed by atoms with Crippen LogP contribution in [0.15, 0.2) is 23.8 Å². The van der Waals surface area contributed by atoms with E-state index in [4.69, 9.17) is 9.47 Å². The van der Waals surface area contributed by atoms with Crippen LogP contribution >= 0.6 is 0 Å². The number of carbonyl (C=O) groups excluding carboxylic acids is 2. The summed E-state index contributed by atoms with van der Waals surface area (Å²) in [6, 6.07) is 0. The Bertz CT molecular complexity index is 435. The van der Waals surface area contributed by atoms with E-state index in [1.165, 1.54) is 20.3 Å². The van der Waals surface area contributed by atoms with E-state index in [9.17, 15) is 9.59 Å². The van der Waals surface area contributed by atoms with Crippen molar-refractivity contribution in [2.24, 2.45) is 11.3 Å². The number of hydrogen-bond acceptors (Lipinski definition) is 4. The van der Waals surface area contributed by atoms with Crippen LogP contribution in [0.25, 0.3) is 0 Å². The molecule has 0 N–H and O–H groups in total. The van der Waals surface area contributed by atoms with Gasteiger partial charge >= 0.3 is 11.9 Å². The predicted molar refractivity (Wildman–Crippen MR) is 70.3 cm³/mol. The average molecular weight is 264 g/mol. The van der Waals surface area contributed by atoms with E-state index in [-0.39, 0.29) is 17.9 Å². The second kappa shape index (κ2) is 5.59. The van der Waals surface area contributed by atoms with Crippen molar-refractivity contribution >= 4 is 11.9 Å². The largest absolute Gasteiger partial charge is 0.469 e. The third kappa shape index (κ3) is 2.44. The Balaban J connectivity index is 2.37. The van der Waals surface area contributed by atoms with E-state index >= 15 is 0 Å². The zero-order chi connectivity index (χ0) is 13.9. The number of allylic oxidation sites excluding steroid dienone is 3. The van der Waals surface area contributed by atoms with Gasteiger partial charge in [-0.05, 0) is 32.1 Å². The molecule has 0 bridgehead atoms. The second-order valence-electron chi connectivity index (χ2n) is 5.19. The molecule has 0 saturated heterocycles. The number of methoxy groups -OCH3 is 2. The van der Waals surface area contributed by atoms with E-state index < -0.39 is 5.41 Å². The molecule has 2 atom stereocenters. The number of ether oxygens (including phenoxy) is 2. The summed E-state index contributed by atoms with van der Waals surface area (Å²) in [5, 5.41) is 0. The highest BCUT2D eigenvalue weighted by Crippen LogP contribution is 2.51. The van der Waals surface area contributed by atoms with Gasteiger partial charge in [0.1, 0.15) is 0 Å². The van der Waals surface area contributed by atoms with Crippen LogP contribution in [-0.4, -0.2) is 26.2 Å². The Morgan fingerprint density at radius 2 is 2.11 bits per heavy atom. The zero-order valence-corrected chi connectivity index (χ0v) is 11.5. The molecular weight excluding hydrogens is 244 g/mol. The minimum absolute atomic E-state index is 0.0263. The molecule has 0 unspecified atom stereocenters. The summed E-state index contributed by atoms with van der Waals surface area (Å²) >= 11 is 0. The lowest BCUT2D eigenvalue weighted by atomic mass is 9.60. The lowest BCUT2D eigenvalue weighted by Crippen LogP contribution is -2.43. The zero-order valence-electron chi connectivity index (χ0n) is 11.5. The van der Waals surface area contributed by atoms with Gasteiger partial charge in [0.2, 0.25) is 0 Å². The SMILES string of the molecule is COC(=O)/C=C1/CCC[C@@]2(C(=O)OC)CCC=C[C@@H]12. The monoisotopic (exact) mass is 264 g/mol. The highest BCUT2D eigenvalue weighted by molar-refractivity contribution is 5.84. The third-order valence-electron chi connectivity index (χ3n) is 4.27. The smallest absolute Gasteiger partial charge is 0.330 e. The maximum atomic E-state index is 12.2. The average Bonchev–Trinajstić information content (AvgIpc) is 2.46. The van der Waals surface area contributed by atoms with Crippen molar-refractivity contribution < 1.29 is 19.1 Å². The molecular formula is C15H20O4. The number of fused-ring (bicyclic) bond motifs is 1. The van der Waals surface area contributed by atoms with Gasteiger partial charge in [-0.1, -0.05) is 17.7 Å². The van der Waals surface area contributed by atoms with Crippen LogP contribution in [0.1, 0.15) is 32.1 Å². The quantitative estimate of drug-likeness (QED) is 0.436. The number of rotatable bonds is 2. The lowest BCUT2D eigenvalue weighted by molar-refractivity contribution is -0.157. The Kier molecular flexibility index (Phi) is 4.08. The van der Waals surface area contributed by atoms with E-state index in [1.807, 2.05) is 6.08 Å². The van der Waals surface area contributed by atoms with Gasteiger partial charge in [-0.15, -0.1) is 0 Å². The first-order valence-electron chi connectivity index (χ1n) is 6.67. The van der Waals surface area contributed by atoms with E-state index in [0.29, 0.717) is 0 Å². The summed E-state index contributed by atoms with van der Waals surface area (Å²) in [7, 11) is 2.80. The summed E-state index contributed by atoms with van der Waals surface area (Å²) in [6.07, 6.45) is 9.92. The van der Waals surface area contributed by atoms with Gasteiger partial charge in [0.05, 0.1) is 19.6 Å². The van der Waals surface area contributed by atoms with E-state index in [1.54, 1.807) is 0 Å². The first kappa shape index (κ1) is 13.8. The molecule has 0 amide bonds. The van der Waals surface area contributed by atoms with Gasteiger partial charge in [0, 0.05) is 12.0 Å². The third-order valence-corrected chi connectivity index (χ3v) is 4.27. The summed E-state index contributed by atoms with van der Waals surface area (Å²) in [6.45, 7) is 0. The fraction of sp³-hybridized carbons (Fsp3) is 0.600. The summed E-state index contributed by atoms with van der Waals surface area (Å²) in [5.74, 6) is -0.534. The van der Waals surface area contributed by atoms with Gasteiger partial charge in [-0.2, -0.15) is 0 Å². The van der Waals surface area contributed by atoms with Crippen LogP contribution in [0.2, 0.25) is 0 Å². The minimum Gasteiger partial charge on any atom is -0.469 e. The molecule has 2 rings (SSSR count). The Hall–Kier alpha value is -1.58. The van der Waals surface area contributed by atoms with Gasteiger partial charge in [0.25, 0.3) is 0 Å². The first-order valence-corrected chi connectivity index (χ1v) is 6.67. The molecule has 0 spiro atoms. The Morgan fingerprint density at radius 3 is 2.79 bits per heavy atom. The van der Waals surface area contributed by atoms with Crippen molar-refractivity contribution in [3.63, 3.8) is 0 Å². The molecule has 0 aliphatic heterocycles. The first-order chi connectivity index (χ1) is 9.14. The molecule has 104 valence electrons. The van der Waals surface area contributed by atoms with Crippen LogP contribution in [0, 0.1) is 11.3 Å². The van der Waals surface area contributed by atoms with Gasteiger partial charge in [-0.3, -0.25) is 4.79 Å². The molecule has 0 aromatic carbocycles. The minimum atomic E-state index is -0.485. The highest BCUT2D eigenvalue weighted by atomic mass is 16.5.